The number of halogens is 2. The van der Waals surface area contributed by atoms with Crippen LogP contribution in [0.25, 0.3) is 0 Å². The SMILES string of the molecule is O=C1NCC[C@@]12CNCCC2(F)F. The smallest absolute Gasteiger partial charge is 0.264 e. The maximum atomic E-state index is 13.5. The first-order valence-corrected chi connectivity index (χ1v) is 4.45. The van der Waals surface area contributed by atoms with E-state index in [1.54, 1.807) is 0 Å². The van der Waals surface area contributed by atoms with Crippen molar-refractivity contribution in [2.45, 2.75) is 18.8 Å². The van der Waals surface area contributed by atoms with Crippen LogP contribution in [0, 0.1) is 5.41 Å². The van der Waals surface area contributed by atoms with Crippen LogP contribution in [-0.4, -0.2) is 31.5 Å². The molecule has 0 bridgehead atoms. The molecule has 5 heteroatoms. The van der Waals surface area contributed by atoms with Gasteiger partial charge in [0.25, 0.3) is 5.92 Å². The van der Waals surface area contributed by atoms with Gasteiger partial charge < -0.3 is 10.6 Å². The number of carbonyl (C=O) groups excluding carboxylic acids is 1. The Morgan fingerprint density at radius 1 is 1.23 bits per heavy atom. The van der Waals surface area contributed by atoms with Crippen LogP contribution in [0.5, 0.6) is 0 Å². The fourth-order valence-electron chi connectivity index (χ4n) is 2.11. The number of nitrogens with one attached hydrogen (secondary N) is 2. The normalized spacial score (nSPS) is 37.8. The number of rotatable bonds is 0. The molecule has 1 amide bonds. The first-order chi connectivity index (χ1) is 6.08. The lowest BCUT2D eigenvalue weighted by Crippen LogP contribution is -2.57. The highest BCUT2D eigenvalue weighted by Crippen LogP contribution is 2.45. The summed E-state index contributed by atoms with van der Waals surface area (Å²) in [6.45, 7) is 0.768. The summed E-state index contributed by atoms with van der Waals surface area (Å²) < 4.78 is 27.0. The Hall–Kier alpha value is -0.710. The molecule has 1 atom stereocenters. The molecule has 2 N–H and O–H groups in total. The standard InChI is InChI=1S/C8H12F2N2O/c9-8(10)2-3-11-5-7(8)1-4-12-6(7)13/h11H,1-5H2,(H,12,13)/t7-/m1/s1. The Labute approximate surface area is 74.9 Å². The van der Waals surface area contributed by atoms with Crippen LogP contribution < -0.4 is 10.6 Å². The van der Waals surface area contributed by atoms with Gasteiger partial charge in [0.05, 0.1) is 0 Å². The minimum Gasteiger partial charge on any atom is -0.355 e. The van der Waals surface area contributed by atoms with Crippen LogP contribution in [-0.2, 0) is 4.79 Å². The Kier molecular flexibility index (Phi) is 1.80. The molecule has 2 aliphatic heterocycles. The molecular weight excluding hydrogens is 178 g/mol. The Morgan fingerprint density at radius 3 is 2.54 bits per heavy atom. The lowest BCUT2D eigenvalue weighted by atomic mass is 9.76. The van der Waals surface area contributed by atoms with Gasteiger partial charge in [0, 0.05) is 26.1 Å². The minimum absolute atomic E-state index is 0.103. The summed E-state index contributed by atoms with van der Waals surface area (Å²) in [5.41, 5.74) is -1.47. The molecular formula is C8H12F2N2O. The molecule has 0 radical (unpaired) electrons. The predicted octanol–water partition coefficient (Wildman–Crippen LogP) is 0.121. The van der Waals surface area contributed by atoms with Gasteiger partial charge in [-0.3, -0.25) is 4.79 Å². The van der Waals surface area contributed by atoms with Crippen molar-refractivity contribution < 1.29 is 13.6 Å². The second-order valence-electron chi connectivity index (χ2n) is 3.72. The van der Waals surface area contributed by atoms with Gasteiger partial charge in [0.15, 0.2) is 0 Å². The van der Waals surface area contributed by atoms with E-state index in [4.69, 9.17) is 0 Å². The van der Waals surface area contributed by atoms with Crippen LogP contribution in [0.2, 0.25) is 0 Å². The number of carbonyl (C=O) groups is 1. The molecule has 3 nitrogen and oxygen atoms in total. The zero-order valence-electron chi connectivity index (χ0n) is 7.20. The van der Waals surface area contributed by atoms with Crippen molar-refractivity contribution in [1.82, 2.24) is 10.6 Å². The fraction of sp³-hybridized carbons (Fsp3) is 0.875. The van der Waals surface area contributed by atoms with Crippen molar-refractivity contribution >= 4 is 5.91 Å². The first kappa shape index (κ1) is 8.87. The van der Waals surface area contributed by atoms with Crippen LogP contribution in [0.1, 0.15) is 12.8 Å². The van der Waals surface area contributed by atoms with Crippen molar-refractivity contribution in [2.24, 2.45) is 5.41 Å². The largest absolute Gasteiger partial charge is 0.355 e. The Bertz CT molecular complexity index is 244. The molecule has 2 heterocycles. The lowest BCUT2D eigenvalue weighted by Gasteiger charge is -2.38. The molecule has 74 valence electrons. The molecule has 13 heavy (non-hydrogen) atoms. The average molecular weight is 190 g/mol. The number of alkyl halides is 2. The van der Waals surface area contributed by atoms with E-state index in [1.807, 2.05) is 0 Å². The summed E-state index contributed by atoms with van der Waals surface area (Å²) in [5, 5.41) is 5.34. The van der Waals surface area contributed by atoms with E-state index in [1.165, 1.54) is 0 Å². The number of hydrogen-bond acceptors (Lipinski definition) is 2. The minimum atomic E-state index is -2.85. The summed E-state index contributed by atoms with van der Waals surface area (Å²) in [5.74, 6) is -3.34. The van der Waals surface area contributed by atoms with Crippen molar-refractivity contribution in [1.29, 1.82) is 0 Å². The molecule has 0 aromatic heterocycles. The third kappa shape index (κ3) is 1.06. The first-order valence-electron chi connectivity index (χ1n) is 4.45. The van der Waals surface area contributed by atoms with Gasteiger partial charge in [-0.2, -0.15) is 0 Å². The number of amides is 1. The van der Waals surface area contributed by atoms with Crippen molar-refractivity contribution in [3.05, 3.63) is 0 Å². The second kappa shape index (κ2) is 2.64. The third-order valence-corrected chi connectivity index (χ3v) is 3.01. The van der Waals surface area contributed by atoms with E-state index in [0.717, 1.165) is 0 Å². The Balaban J connectivity index is 2.32. The predicted molar refractivity (Wildman–Crippen MR) is 42.5 cm³/mol. The van der Waals surface area contributed by atoms with Crippen molar-refractivity contribution in [3.8, 4) is 0 Å². The molecule has 1 spiro atoms. The van der Waals surface area contributed by atoms with Crippen molar-refractivity contribution in [3.63, 3.8) is 0 Å². The summed E-state index contributed by atoms with van der Waals surface area (Å²) in [7, 11) is 0. The molecule has 0 aromatic carbocycles. The summed E-state index contributed by atoms with van der Waals surface area (Å²) >= 11 is 0. The molecule has 2 saturated heterocycles. The van der Waals surface area contributed by atoms with E-state index in [2.05, 4.69) is 10.6 Å². The Morgan fingerprint density at radius 2 is 2.00 bits per heavy atom. The maximum absolute atomic E-state index is 13.5. The number of hydrogen-bond donors (Lipinski definition) is 2. The molecule has 2 fully saturated rings. The molecule has 0 aromatic rings. The van der Waals surface area contributed by atoms with E-state index < -0.39 is 17.2 Å². The average Bonchev–Trinajstić information content (AvgIpc) is 2.41. The highest BCUT2D eigenvalue weighted by atomic mass is 19.3. The summed E-state index contributed by atoms with van der Waals surface area (Å²) in [6.07, 6.45) is 0.00620. The van der Waals surface area contributed by atoms with Crippen LogP contribution >= 0.6 is 0 Å². The van der Waals surface area contributed by atoms with Crippen molar-refractivity contribution in [2.75, 3.05) is 19.6 Å². The topological polar surface area (TPSA) is 41.1 Å². The lowest BCUT2D eigenvalue weighted by molar-refractivity contribution is -0.163. The van der Waals surface area contributed by atoms with E-state index in [9.17, 15) is 13.6 Å². The van der Waals surface area contributed by atoms with Gasteiger partial charge in [-0.05, 0) is 6.42 Å². The van der Waals surface area contributed by atoms with Crippen LogP contribution in [0.4, 0.5) is 8.78 Å². The zero-order chi connectivity index (χ0) is 9.53. The van der Waals surface area contributed by atoms with Crippen LogP contribution in [0.3, 0.4) is 0 Å². The fourth-order valence-corrected chi connectivity index (χ4v) is 2.11. The van der Waals surface area contributed by atoms with E-state index >= 15 is 0 Å². The summed E-state index contributed by atoms with van der Waals surface area (Å²) in [4.78, 5) is 11.3. The van der Waals surface area contributed by atoms with Crippen LogP contribution in [0.15, 0.2) is 0 Å². The van der Waals surface area contributed by atoms with E-state index in [-0.39, 0.29) is 19.4 Å². The monoisotopic (exact) mass is 190 g/mol. The van der Waals surface area contributed by atoms with Gasteiger partial charge in [-0.25, -0.2) is 8.78 Å². The molecule has 0 saturated carbocycles. The maximum Gasteiger partial charge on any atom is 0.264 e. The van der Waals surface area contributed by atoms with Gasteiger partial charge >= 0.3 is 0 Å². The number of piperidine rings is 1. The zero-order valence-corrected chi connectivity index (χ0v) is 7.20. The second-order valence-corrected chi connectivity index (χ2v) is 3.72. The van der Waals surface area contributed by atoms with Gasteiger partial charge in [-0.15, -0.1) is 0 Å². The molecule has 2 rings (SSSR count). The van der Waals surface area contributed by atoms with Gasteiger partial charge in [0.1, 0.15) is 5.41 Å². The highest BCUT2D eigenvalue weighted by Gasteiger charge is 2.61. The molecule has 0 aliphatic carbocycles. The van der Waals surface area contributed by atoms with Gasteiger partial charge in [0.2, 0.25) is 5.91 Å². The third-order valence-electron chi connectivity index (χ3n) is 3.01. The summed E-state index contributed by atoms with van der Waals surface area (Å²) in [6, 6.07) is 0. The molecule has 0 unspecified atom stereocenters. The van der Waals surface area contributed by atoms with Gasteiger partial charge in [-0.1, -0.05) is 0 Å². The highest BCUT2D eigenvalue weighted by molar-refractivity contribution is 5.86. The quantitative estimate of drug-likeness (QED) is 0.569. The molecule has 2 aliphatic rings. The van der Waals surface area contributed by atoms with E-state index in [0.29, 0.717) is 13.1 Å².